The van der Waals surface area contributed by atoms with Crippen LogP contribution in [0.5, 0.6) is 0 Å². The predicted molar refractivity (Wildman–Crippen MR) is 112 cm³/mol. The number of thioether (sulfide) groups is 1. The zero-order valence-electron chi connectivity index (χ0n) is 15.4. The van der Waals surface area contributed by atoms with Gasteiger partial charge in [0, 0.05) is 22.8 Å². The summed E-state index contributed by atoms with van der Waals surface area (Å²) < 4.78 is 2.19. The van der Waals surface area contributed by atoms with E-state index in [4.69, 9.17) is 0 Å². The topological polar surface area (TPSA) is 51.0 Å². The van der Waals surface area contributed by atoms with Crippen LogP contribution in [0.2, 0.25) is 0 Å². The van der Waals surface area contributed by atoms with Crippen LogP contribution >= 0.6 is 23.5 Å². The van der Waals surface area contributed by atoms with Crippen molar-refractivity contribution in [1.29, 1.82) is 0 Å². The minimum Gasteiger partial charge on any atom is -0.306 e. The van der Waals surface area contributed by atoms with E-state index in [2.05, 4.69) is 26.9 Å². The Labute approximate surface area is 172 Å². The average Bonchev–Trinajstić information content (AvgIpc) is 2.96. The third-order valence-electron chi connectivity index (χ3n) is 5.08. The number of aromatic nitrogens is 3. The number of rotatable bonds is 3. The van der Waals surface area contributed by atoms with Gasteiger partial charge < -0.3 is 4.57 Å². The zero-order chi connectivity index (χ0) is 18.9. The molecule has 0 bridgehead atoms. The van der Waals surface area contributed by atoms with Gasteiger partial charge in [0.15, 0.2) is 5.16 Å². The number of benzene rings is 2. The Kier molecular flexibility index (Phi) is 4.86. The number of fused-ring (bicyclic) bond motifs is 3. The van der Waals surface area contributed by atoms with Gasteiger partial charge in [-0.2, -0.15) is 0 Å². The fourth-order valence-electron chi connectivity index (χ4n) is 3.73. The maximum absolute atomic E-state index is 13.3. The van der Waals surface area contributed by atoms with E-state index in [1.54, 1.807) is 11.8 Å². The van der Waals surface area contributed by atoms with Gasteiger partial charge in [-0.1, -0.05) is 54.2 Å². The molecule has 0 saturated heterocycles. The third-order valence-corrected chi connectivity index (χ3v) is 7.16. The number of carbonyl (C=O) groups excluding carboxylic acids is 1. The molecular weight excluding hydrogens is 388 g/mol. The van der Waals surface area contributed by atoms with Crippen molar-refractivity contribution in [2.75, 3.05) is 10.7 Å². The molecule has 0 fully saturated rings. The molecule has 1 amide bonds. The van der Waals surface area contributed by atoms with Crippen LogP contribution in [-0.4, -0.2) is 26.4 Å². The molecule has 0 N–H and O–H groups in total. The number of nitrogens with zero attached hydrogens (tertiary/aromatic N) is 4. The molecule has 0 radical (unpaired) electrons. The van der Waals surface area contributed by atoms with Crippen LogP contribution in [0.3, 0.4) is 0 Å². The summed E-state index contributed by atoms with van der Waals surface area (Å²) in [6.45, 7) is 0.949. The molecule has 5 nitrogen and oxygen atoms in total. The van der Waals surface area contributed by atoms with Crippen LogP contribution in [0.25, 0.3) is 0 Å². The van der Waals surface area contributed by atoms with E-state index in [1.807, 2.05) is 41.3 Å². The second kappa shape index (κ2) is 7.64. The number of aryl methyl sites for hydroxylation is 1. The van der Waals surface area contributed by atoms with Crippen molar-refractivity contribution in [2.24, 2.45) is 0 Å². The van der Waals surface area contributed by atoms with E-state index in [0.29, 0.717) is 5.75 Å². The average molecular weight is 409 g/mol. The predicted octanol–water partition coefficient (Wildman–Crippen LogP) is 4.93. The number of hydrogen-bond acceptors (Lipinski definition) is 5. The number of amides is 1. The maximum Gasteiger partial charge on any atom is 0.242 e. The van der Waals surface area contributed by atoms with Crippen LogP contribution in [0.1, 0.15) is 25.1 Å². The Bertz CT molecular complexity index is 987. The van der Waals surface area contributed by atoms with Crippen LogP contribution in [0, 0.1) is 0 Å². The Morgan fingerprint density at radius 1 is 0.964 bits per heavy atom. The summed E-state index contributed by atoms with van der Waals surface area (Å²) in [6, 6.07) is 16.2. The van der Waals surface area contributed by atoms with Crippen molar-refractivity contribution < 1.29 is 4.79 Å². The molecule has 5 rings (SSSR count). The fraction of sp³-hybridized carbons (Fsp3) is 0.286. The highest BCUT2D eigenvalue weighted by atomic mass is 32.2. The molecule has 0 unspecified atom stereocenters. The Morgan fingerprint density at radius 3 is 2.43 bits per heavy atom. The van der Waals surface area contributed by atoms with Gasteiger partial charge in [0.25, 0.3) is 0 Å². The number of para-hydroxylation sites is 2. The highest BCUT2D eigenvalue weighted by Gasteiger charge is 2.28. The van der Waals surface area contributed by atoms with Gasteiger partial charge >= 0.3 is 0 Å². The van der Waals surface area contributed by atoms with Crippen molar-refractivity contribution in [2.45, 2.75) is 47.2 Å². The summed E-state index contributed by atoms with van der Waals surface area (Å²) in [4.78, 5) is 17.4. The van der Waals surface area contributed by atoms with Gasteiger partial charge in [0.05, 0.1) is 17.1 Å². The summed E-state index contributed by atoms with van der Waals surface area (Å²) in [6.07, 6.45) is 4.52. The van der Waals surface area contributed by atoms with E-state index >= 15 is 0 Å². The molecule has 0 atom stereocenters. The highest BCUT2D eigenvalue weighted by molar-refractivity contribution is 8.00. The van der Waals surface area contributed by atoms with Crippen LogP contribution in [-0.2, 0) is 17.8 Å². The van der Waals surface area contributed by atoms with Crippen LogP contribution in [0.15, 0.2) is 63.5 Å². The van der Waals surface area contributed by atoms with Crippen LogP contribution < -0.4 is 4.90 Å². The van der Waals surface area contributed by atoms with E-state index in [1.165, 1.54) is 24.6 Å². The SMILES string of the molecule is O=C(CSc1nnc2n1CCCCC2)N1c2ccccc2Sc2ccccc21. The summed E-state index contributed by atoms with van der Waals surface area (Å²) in [5.74, 6) is 1.46. The Balaban J connectivity index is 1.41. The summed E-state index contributed by atoms with van der Waals surface area (Å²) in [5, 5.41) is 9.55. The molecule has 28 heavy (non-hydrogen) atoms. The first-order valence-electron chi connectivity index (χ1n) is 9.55. The van der Waals surface area contributed by atoms with Crippen LogP contribution in [0.4, 0.5) is 11.4 Å². The molecule has 2 aromatic carbocycles. The van der Waals surface area contributed by atoms with Gasteiger partial charge in [-0.15, -0.1) is 10.2 Å². The number of carbonyl (C=O) groups is 1. The molecule has 0 saturated carbocycles. The summed E-state index contributed by atoms with van der Waals surface area (Å²) in [7, 11) is 0. The van der Waals surface area contributed by atoms with Crippen molar-refractivity contribution in [1.82, 2.24) is 14.8 Å². The lowest BCUT2D eigenvalue weighted by molar-refractivity contribution is -0.115. The minimum atomic E-state index is 0.0659. The molecular formula is C21H20N4OS2. The number of anilines is 2. The van der Waals surface area contributed by atoms with E-state index in [9.17, 15) is 4.79 Å². The molecule has 0 aliphatic carbocycles. The van der Waals surface area contributed by atoms with Crippen molar-refractivity contribution in [3.63, 3.8) is 0 Å². The smallest absolute Gasteiger partial charge is 0.242 e. The molecule has 3 heterocycles. The second-order valence-corrected chi connectivity index (χ2v) is 8.94. The molecule has 7 heteroatoms. The molecule has 3 aromatic rings. The van der Waals surface area contributed by atoms with Crippen molar-refractivity contribution in [3.8, 4) is 0 Å². The first kappa shape index (κ1) is 17.8. The lowest BCUT2D eigenvalue weighted by atomic mass is 10.2. The van der Waals surface area contributed by atoms with Gasteiger partial charge in [-0.05, 0) is 37.1 Å². The first-order chi connectivity index (χ1) is 13.8. The van der Waals surface area contributed by atoms with E-state index in [0.717, 1.165) is 51.5 Å². The van der Waals surface area contributed by atoms with E-state index < -0.39 is 0 Å². The second-order valence-electron chi connectivity index (χ2n) is 6.92. The lowest BCUT2D eigenvalue weighted by Crippen LogP contribution is -2.30. The number of hydrogen-bond donors (Lipinski definition) is 0. The van der Waals surface area contributed by atoms with Gasteiger partial charge in [-0.25, -0.2) is 0 Å². The lowest BCUT2D eigenvalue weighted by Gasteiger charge is -2.30. The Hall–Kier alpha value is -2.25. The first-order valence-corrected chi connectivity index (χ1v) is 11.4. The molecule has 142 valence electrons. The molecule has 2 aliphatic rings. The quantitative estimate of drug-likeness (QED) is 0.576. The summed E-state index contributed by atoms with van der Waals surface area (Å²) in [5.41, 5.74) is 1.91. The van der Waals surface area contributed by atoms with Gasteiger partial charge in [0.1, 0.15) is 5.82 Å². The largest absolute Gasteiger partial charge is 0.306 e. The van der Waals surface area contributed by atoms with Crippen molar-refractivity contribution >= 4 is 40.8 Å². The Morgan fingerprint density at radius 2 is 1.68 bits per heavy atom. The molecule has 1 aromatic heterocycles. The monoisotopic (exact) mass is 408 g/mol. The summed E-state index contributed by atoms with van der Waals surface area (Å²) >= 11 is 3.21. The fourth-order valence-corrected chi connectivity index (χ4v) is 5.62. The van der Waals surface area contributed by atoms with Gasteiger partial charge in [0.2, 0.25) is 5.91 Å². The van der Waals surface area contributed by atoms with Crippen molar-refractivity contribution in [3.05, 3.63) is 54.4 Å². The maximum atomic E-state index is 13.3. The highest BCUT2D eigenvalue weighted by Crippen LogP contribution is 2.48. The standard InChI is InChI=1S/C21H20N4OS2/c26-20(14-27-21-23-22-19-12-2-1-7-13-24(19)21)25-15-8-3-5-10-17(15)28-18-11-6-4-9-16(18)25/h3-6,8-11H,1-2,7,12-14H2. The zero-order valence-corrected chi connectivity index (χ0v) is 17.0. The van der Waals surface area contributed by atoms with Gasteiger partial charge in [-0.3, -0.25) is 9.69 Å². The normalized spacial score (nSPS) is 15.4. The molecule has 0 spiro atoms. The third kappa shape index (κ3) is 3.22. The van der Waals surface area contributed by atoms with E-state index in [-0.39, 0.29) is 5.91 Å². The minimum absolute atomic E-state index is 0.0659. The molecule has 2 aliphatic heterocycles.